The summed E-state index contributed by atoms with van der Waals surface area (Å²) in [6.07, 6.45) is 0.531. The van der Waals surface area contributed by atoms with Crippen LogP contribution in [0.2, 0.25) is 0 Å². The lowest BCUT2D eigenvalue weighted by Gasteiger charge is -2.17. The fraction of sp³-hybridized carbons (Fsp3) is 0.533. The number of carbonyl (C=O) groups is 1. The molecule has 4 nitrogen and oxygen atoms in total. The number of alkyl carbamates (subject to hydrolysis) is 1. The van der Waals surface area contributed by atoms with Crippen LogP contribution in [-0.2, 0) is 11.3 Å². The second-order valence-electron chi connectivity index (χ2n) is 4.36. The first kappa shape index (κ1) is 15.5. The van der Waals surface area contributed by atoms with Crippen molar-refractivity contribution in [1.82, 2.24) is 10.2 Å². The molecular formula is C15H24N2O2. The van der Waals surface area contributed by atoms with E-state index in [-0.39, 0.29) is 6.09 Å². The standard InChI is InChI=1S/C15H24N2O2/c1-3-17(4-2)11-8-12-19-15(18)16-13-14-9-6-5-7-10-14/h5-7,9-10H,3-4,8,11-13H2,1-2H3,(H,16,18). The van der Waals surface area contributed by atoms with E-state index in [4.69, 9.17) is 4.74 Å². The van der Waals surface area contributed by atoms with Gasteiger partial charge in [-0.3, -0.25) is 0 Å². The van der Waals surface area contributed by atoms with E-state index in [1.807, 2.05) is 30.3 Å². The van der Waals surface area contributed by atoms with Gasteiger partial charge in [0.1, 0.15) is 0 Å². The van der Waals surface area contributed by atoms with Gasteiger partial charge >= 0.3 is 6.09 Å². The van der Waals surface area contributed by atoms with Gasteiger partial charge in [-0.05, 0) is 25.1 Å². The maximum Gasteiger partial charge on any atom is 0.407 e. The van der Waals surface area contributed by atoms with Crippen molar-refractivity contribution in [3.63, 3.8) is 0 Å². The van der Waals surface area contributed by atoms with Gasteiger partial charge in [-0.25, -0.2) is 4.79 Å². The SMILES string of the molecule is CCN(CC)CCCOC(=O)NCc1ccccc1. The van der Waals surface area contributed by atoms with Crippen molar-refractivity contribution in [3.05, 3.63) is 35.9 Å². The zero-order valence-electron chi connectivity index (χ0n) is 11.9. The molecule has 19 heavy (non-hydrogen) atoms. The zero-order chi connectivity index (χ0) is 13.9. The first-order chi connectivity index (χ1) is 9.26. The average Bonchev–Trinajstić information content (AvgIpc) is 2.46. The van der Waals surface area contributed by atoms with Crippen molar-refractivity contribution >= 4 is 6.09 Å². The van der Waals surface area contributed by atoms with Gasteiger partial charge in [0, 0.05) is 13.1 Å². The molecule has 0 radical (unpaired) electrons. The Labute approximate surface area is 115 Å². The molecule has 0 atom stereocenters. The number of amides is 1. The van der Waals surface area contributed by atoms with Crippen LogP contribution in [0.4, 0.5) is 4.79 Å². The lowest BCUT2D eigenvalue weighted by atomic mass is 10.2. The molecule has 0 aliphatic rings. The largest absolute Gasteiger partial charge is 0.450 e. The summed E-state index contributed by atoms with van der Waals surface area (Å²) >= 11 is 0. The van der Waals surface area contributed by atoms with E-state index >= 15 is 0 Å². The first-order valence-electron chi connectivity index (χ1n) is 6.93. The smallest absolute Gasteiger partial charge is 0.407 e. The van der Waals surface area contributed by atoms with Crippen molar-refractivity contribution in [2.45, 2.75) is 26.8 Å². The van der Waals surface area contributed by atoms with Gasteiger partial charge in [-0.1, -0.05) is 44.2 Å². The molecule has 0 bridgehead atoms. The third-order valence-electron chi connectivity index (χ3n) is 3.03. The van der Waals surface area contributed by atoms with Crippen LogP contribution in [0.3, 0.4) is 0 Å². The minimum Gasteiger partial charge on any atom is -0.450 e. The summed E-state index contributed by atoms with van der Waals surface area (Å²) in [5.74, 6) is 0. The molecule has 0 heterocycles. The Balaban J connectivity index is 2.08. The van der Waals surface area contributed by atoms with Gasteiger partial charge in [0.15, 0.2) is 0 Å². The van der Waals surface area contributed by atoms with E-state index in [2.05, 4.69) is 24.1 Å². The number of nitrogens with zero attached hydrogens (tertiary/aromatic N) is 1. The highest BCUT2D eigenvalue weighted by molar-refractivity contribution is 5.67. The third kappa shape index (κ3) is 6.82. The Bertz CT molecular complexity index is 350. The molecule has 0 saturated heterocycles. The van der Waals surface area contributed by atoms with E-state index < -0.39 is 0 Å². The summed E-state index contributed by atoms with van der Waals surface area (Å²) in [5, 5.41) is 2.74. The number of nitrogens with one attached hydrogen (secondary N) is 1. The van der Waals surface area contributed by atoms with E-state index in [0.717, 1.165) is 31.6 Å². The molecule has 1 amide bonds. The number of carbonyl (C=O) groups excluding carboxylic acids is 1. The lowest BCUT2D eigenvalue weighted by Crippen LogP contribution is -2.27. The molecular weight excluding hydrogens is 240 g/mol. The van der Waals surface area contributed by atoms with Crippen molar-refractivity contribution in [3.8, 4) is 0 Å². The van der Waals surface area contributed by atoms with Gasteiger partial charge in [0.2, 0.25) is 0 Å². The molecule has 0 aliphatic carbocycles. The van der Waals surface area contributed by atoms with Gasteiger partial charge in [-0.2, -0.15) is 0 Å². The highest BCUT2D eigenvalue weighted by Crippen LogP contribution is 1.97. The van der Waals surface area contributed by atoms with Crippen molar-refractivity contribution in [1.29, 1.82) is 0 Å². The molecule has 0 unspecified atom stereocenters. The third-order valence-corrected chi connectivity index (χ3v) is 3.03. The minimum absolute atomic E-state index is 0.344. The highest BCUT2D eigenvalue weighted by atomic mass is 16.5. The molecule has 4 heteroatoms. The summed E-state index contributed by atoms with van der Waals surface area (Å²) in [5.41, 5.74) is 1.07. The predicted octanol–water partition coefficient (Wildman–Crippen LogP) is 2.64. The molecule has 0 saturated carbocycles. The Morgan fingerprint density at radius 2 is 1.89 bits per heavy atom. The van der Waals surface area contributed by atoms with Gasteiger partial charge in [0.05, 0.1) is 6.61 Å². The zero-order valence-corrected chi connectivity index (χ0v) is 11.9. The van der Waals surface area contributed by atoms with E-state index in [1.165, 1.54) is 0 Å². The van der Waals surface area contributed by atoms with Crippen LogP contribution in [0.1, 0.15) is 25.8 Å². The molecule has 1 rings (SSSR count). The van der Waals surface area contributed by atoms with Crippen LogP contribution in [0.25, 0.3) is 0 Å². The molecule has 0 spiro atoms. The first-order valence-corrected chi connectivity index (χ1v) is 6.93. The summed E-state index contributed by atoms with van der Waals surface area (Å²) in [7, 11) is 0. The minimum atomic E-state index is -0.344. The summed E-state index contributed by atoms with van der Waals surface area (Å²) < 4.78 is 5.13. The number of hydrogen-bond acceptors (Lipinski definition) is 3. The molecule has 0 fully saturated rings. The van der Waals surface area contributed by atoms with Crippen LogP contribution in [0.15, 0.2) is 30.3 Å². The van der Waals surface area contributed by atoms with E-state index in [0.29, 0.717) is 13.2 Å². The predicted molar refractivity (Wildman–Crippen MR) is 77.0 cm³/mol. The quantitative estimate of drug-likeness (QED) is 0.734. The second kappa shape index (κ2) is 9.39. The Hall–Kier alpha value is -1.55. The van der Waals surface area contributed by atoms with Gasteiger partial charge in [-0.15, -0.1) is 0 Å². The van der Waals surface area contributed by atoms with Gasteiger partial charge < -0.3 is 15.0 Å². The number of ether oxygens (including phenoxy) is 1. The number of rotatable bonds is 8. The Morgan fingerprint density at radius 1 is 1.21 bits per heavy atom. The van der Waals surface area contributed by atoms with Crippen molar-refractivity contribution < 1.29 is 9.53 Å². The number of benzene rings is 1. The van der Waals surface area contributed by atoms with Crippen LogP contribution in [0, 0.1) is 0 Å². The summed E-state index contributed by atoms with van der Waals surface area (Å²) in [6, 6.07) is 9.80. The summed E-state index contributed by atoms with van der Waals surface area (Å²) in [6.45, 7) is 8.30. The normalized spacial score (nSPS) is 10.5. The second-order valence-corrected chi connectivity index (χ2v) is 4.36. The monoisotopic (exact) mass is 264 g/mol. The fourth-order valence-corrected chi connectivity index (χ4v) is 1.81. The molecule has 1 N–H and O–H groups in total. The van der Waals surface area contributed by atoms with Crippen LogP contribution in [-0.4, -0.2) is 37.2 Å². The lowest BCUT2D eigenvalue weighted by molar-refractivity contribution is 0.138. The summed E-state index contributed by atoms with van der Waals surface area (Å²) in [4.78, 5) is 13.8. The molecule has 106 valence electrons. The fourth-order valence-electron chi connectivity index (χ4n) is 1.81. The highest BCUT2D eigenvalue weighted by Gasteiger charge is 2.03. The molecule has 0 aliphatic heterocycles. The van der Waals surface area contributed by atoms with Crippen LogP contribution < -0.4 is 5.32 Å². The van der Waals surface area contributed by atoms with E-state index in [9.17, 15) is 4.79 Å². The van der Waals surface area contributed by atoms with E-state index in [1.54, 1.807) is 0 Å². The molecule has 1 aromatic rings. The maximum atomic E-state index is 11.5. The van der Waals surface area contributed by atoms with Crippen molar-refractivity contribution in [2.75, 3.05) is 26.2 Å². The van der Waals surface area contributed by atoms with Crippen molar-refractivity contribution in [2.24, 2.45) is 0 Å². The number of hydrogen-bond donors (Lipinski definition) is 1. The maximum absolute atomic E-state index is 11.5. The average molecular weight is 264 g/mol. The Kier molecular flexibility index (Phi) is 7.66. The topological polar surface area (TPSA) is 41.6 Å². The molecule has 1 aromatic carbocycles. The molecule has 0 aromatic heterocycles. The Morgan fingerprint density at radius 3 is 2.53 bits per heavy atom. The van der Waals surface area contributed by atoms with Crippen LogP contribution in [0.5, 0.6) is 0 Å². The van der Waals surface area contributed by atoms with Crippen LogP contribution >= 0.6 is 0 Å². The van der Waals surface area contributed by atoms with Gasteiger partial charge in [0.25, 0.3) is 0 Å².